The van der Waals surface area contributed by atoms with Gasteiger partial charge in [-0.25, -0.2) is 4.79 Å². The topological polar surface area (TPSA) is 74.6 Å². The Morgan fingerprint density at radius 1 is 1.14 bits per heavy atom. The van der Waals surface area contributed by atoms with Crippen LogP contribution in [0.25, 0.3) is 0 Å². The summed E-state index contributed by atoms with van der Waals surface area (Å²) >= 11 is 0. The van der Waals surface area contributed by atoms with Crippen LogP contribution in [0, 0.1) is 11.8 Å². The number of ketones is 1. The van der Waals surface area contributed by atoms with Gasteiger partial charge in [-0.1, -0.05) is 75.1 Å². The van der Waals surface area contributed by atoms with Gasteiger partial charge in [-0.3, -0.25) is 4.79 Å². The first-order valence-electron chi connectivity index (χ1n) is 11.2. The molecule has 4 nitrogen and oxygen atoms in total. The summed E-state index contributed by atoms with van der Waals surface area (Å²) < 4.78 is 0. The van der Waals surface area contributed by atoms with E-state index in [1.807, 2.05) is 0 Å². The molecule has 1 fully saturated rings. The zero-order chi connectivity index (χ0) is 21.1. The quantitative estimate of drug-likeness (QED) is 0.332. The molecule has 160 valence electrons. The van der Waals surface area contributed by atoms with Crippen LogP contribution in [-0.4, -0.2) is 22.0 Å². The monoisotopic (exact) mass is 400 g/mol. The van der Waals surface area contributed by atoms with Gasteiger partial charge in [0.25, 0.3) is 0 Å². The van der Waals surface area contributed by atoms with E-state index in [1.54, 1.807) is 30.3 Å². The number of allylic oxidation sites excluding steroid dienone is 2. The largest absolute Gasteiger partial charge is 0.479 e. The lowest BCUT2D eigenvalue weighted by atomic mass is 9.86. The molecule has 1 aromatic rings. The number of aliphatic carboxylic acids is 1. The first-order valence-corrected chi connectivity index (χ1v) is 11.2. The van der Waals surface area contributed by atoms with Gasteiger partial charge >= 0.3 is 5.97 Å². The van der Waals surface area contributed by atoms with Gasteiger partial charge in [-0.2, -0.15) is 0 Å². The third kappa shape index (κ3) is 6.81. The predicted octanol–water partition coefficient (Wildman–Crippen LogP) is 5.64. The molecule has 1 saturated carbocycles. The van der Waals surface area contributed by atoms with Crippen molar-refractivity contribution in [3.63, 3.8) is 0 Å². The number of carbonyl (C=O) groups is 2. The van der Waals surface area contributed by atoms with Gasteiger partial charge in [0.1, 0.15) is 5.78 Å². The van der Waals surface area contributed by atoms with Crippen LogP contribution in [-0.2, 0) is 15.2 Å². The number of Topliss-reactive ketones (excluding diaryl/α,β-unsaturated/α-hetero) is 1. The minimum Gasteiger partial charge on any atom is -0.479 e. The predicted molar refractivity (Wildman–Crippen MR) is 116 cm³/mol. The van der Waals surface area contributed by atoms with E-state index in [9.17, 15) is 19.8 Å². The average Bonchev–Trinajstić information content (AvgIpc) is 3.07. The molecular formula is C25H36O4. The van der Waals surface area contributed by atoms with Crippen LogP contribution in [0.4, 0.5) is 0 Å². The van der Waals surface area contributed by atoms with E-state index < -0.39 is 11.6 Å². The fraction of sp³-hybridized carbons (Fsp3) is 0.600. The normalized spacial score (nSPS) is 21.5. The summed E-state index contributed by atoms with van der Waals surface area (Å²) in [7, 11) is 0. The van der Waals surface area contributed by atoms with Crippen molar-refractivity contribution in [3.05, 3.63) is 48.0 Å². The smallest absolute Gasteiger partial charge is 0.340 e. The lowest BCUT2D eigenvalue weighted by Gasteiger charge is -2.24. The number of hydrogen-bond donors (Lipinski definition) is 2. The Kier molecular flexibility index (Phi) is 9.59. The van der Waals surface area contributed by atoms with Crippen LogP contribution >= 0.6 is 0 Å². The number of benzene rings is 1. The summed E-state index contributed by atoms with van der Waals surface area (Å²) in [5.41, 5.74) is -1.42. The molecule has 0 aromatic heterocycles. The van der Waals surface area contributed by atoms with Crippen LogP contribution in [0.3, 0.4) is 0 Å². The molecule has 4 heteroatoms. The van der Waals surface area contributed by atoms with Gasteiger partial charge in [-0.15, -0.1) is 0 Å². The Balaban J connectivity index is 1.78. The fourth-order valence-electron chi connectivity index (χ4n) is 4.33. The molecule has 1 aromatic carbocycles. The van der Waals surface area contributed by atoms with Crippen molar-refractivity contribution in [1.82, 2.24) is 0 Å². The molecule has 1 unspecified atom stereocenters. The number of carboxylic acids is 1. The van der Waals surface area contributed by atoms with E-state index in [2.05, 4.69) is 19.1 Å². The highest BCUT2D eigenvalue weighted by Gasteiger charge is 2.37. The molecule has 1 aliphatic rings. The van der Waals surface area contributed by atoms with Crippen molar-refractivity contribution in [3.8, 4) is 0 Å². The Labute approximate surface area is 175 Å². The maximum Gasteiger partial charge on any atom is 0.340 e. The maximum atomic E-state index is 12.3. The van der Waals surface area contributed by atoms with Crippen LogP contribution in [0.5, 0.6) is 0 Å². The maximum absolute atomic E-state index is 12.3. The van der Waals surface area contributed by atoms with Crippen molar-refractivity contribution in [2.24, 2.45) is 11.8 Å². The summed E-state index contributed by atoms with van der Waals surface area (Å²) in [5, 5.41) is 20.2. The van der Waals surface area contributed by atoms with Crippen LogP contribution in [0.2, 0.25) is 0 Å². The third-order valence-corrected chi connectivity index (χ3v) is 6.17. The minimum absolute atomic E-state index is 0.116. The zero-order valence-corrected chi connectivity index (χ0v) is 17.7. The van der Waals surface area contributed by atoms with Crippen molar-refractivity contribution >= 4 is 11.8 Å². The molecule has 2 N–H and O–H groups in total. The SMILES string of the molecule is CCCCCC=C[C@H]1CCC(=O)[C@@H]1CCCCCC(O)(C(=O)O)c1ccccc1. The van der Waals surface area contributed by atoms with Crippen LogP contribution in [0.1, 0.15) is 83.1 Å². The second-order valence-electron chi connectivity index (χ2n) is 8.33. The summed E-state index contributed by atoms with van der Waals surface area (Å²) in [6.07, 6.45) is 14.3. The first-order chi connectivity index (χ1) is 14.0. The third-order valence-electron chi connectivity index (χ3n) is 6.17. The lowest BCUT2D eigenvalue weighted by Crippen LogP contribution is -2.35. The highest BCUT2D eigenvalue weighted by Crippen LogP contribution is 2.34. The van der Waals surface area contributed by atoms with E-state index in [0.717, 1.165) is 32.1 Å². The lowest BCUT2D eigenvalue weighted by molar-refractivity contribution is -0.160. The number of unbranched alkanes of at least 4 members (excludes halogenated alkanes) is 5. The molecule has 29 heavy (non-hydrogen) atoms. The molecule has 0 bridgehead atoms. The van der Waals surface area contributed by atoms with E-state index >= 15 is 0 Å². The van der Waals surface area contributed by atoms with Crippen LogP contribution in [0.15, 0.2) is 42.5 Å². The Morgan fingerprint density at radius 3 is 2.59 bits per heavy atom. The molecule has 2 rings (SSSR count). The standard InChI is InChI=1S/C25H36O4/c1-2-3-4-5-8-13-20-17-18-23(26)22(20)16-11-7-12-19-25(29,24(27)28)21-14-9-6-10-15-21/h6,8-10,13-15,20,22,29H,2-5,7,11-12,16-19H2,1H3,(H,27,28)/t20-,22+,25?/m0/s1. The molecule has 3 atom stereocenters. The highest BCUT2D eigenvalue weighted by molar-refractivity contribution is 5.83. The Morgan fingerprint density at radius 2 is 1.90 bits per heavy atom. The number of carbonyl (C=O) groups excluding carboxylic acids is 1. The number of hydrogen-bond acceptors (Lipinski definition) is 3. The van der Waals surface area contributed by atoms with E-state index in [0.29, 0.717) is 30.1 Å². The van der Waals surface area contributed by atoms with Gasteiger partial charge in [0.05, 0.1) is 0 Å². The summed E-state index contributed by atoms with van der Waals surface area (Å²) in [6, 6.07) is 8.60. The average molecular weight is 401 g/mol. The van der Waals surface area contributed by atoms with Crippen molar-refractivity contribution < 1.29 is 19.8 Å². The van der Waals surface area contributed by atoms with E-state index in [4.69, 9.17) is 0 Å². The zero-order valence-electron chi connectivity index (χ0n) is 17.7. The summed E-state index contributed by atoms with van der Waals surface area (Å²) in [5.74, 6) is -0.350. The second-order valence-corrected chi connectivity index (χ2v) is 8.33. The molecule has 0 amide bonds. The molecule has 0 radical (unpaired) electrons. The van der Waals surface area contributed by atoms with Crippen LogP contribution < -0.4 is 0 Å². The summed E-state index contributed by atoms with van der Waals surface area (Å²) in [4.78, 5) is 23.9. The molecule has 0 heterocycles. The fourth-order valence-corrected chi connectivity index (χ4v) is 4.33. The molecule has 0 aliphatic heterocycles. The van der Waals surface area contributed by atoms with Gasteiger partial charge in [0.15, 0.2) is 5.60 Å². The second kappa shape index (κ2) is 11.9. The van der Waals surface area contributed by atoms with Gasteiger partial charge < -0.3 is 10.2 Å². The van der Waals surface area contributed by atoms with Crippen molar-refractivity contribution in [1.29, 1.82) is 0 Å². The van der Waals surface area contributed by atoms with E-state index in [1.165, 1.54) is 19.3 Å². The number of aliphatic hydroxyl groups is 1. The number of carboxylic acid groups (broad SMARTS) is 1. The minimum atomic E-state index is -1.84. The molecular weight excluding hydrogens is 364 g/mol. The van der Waals surface area contributed by atoms with Crippen molar-refractivity contribution in [2.75, 3.05) is 0 Å². The Hall–Kier alpha value is -1.94. The molecule has 0 spiro atoms. The van der Waals surface area contributed by atoms with Gasteiger partial charge in [0, 0.05) is 12.3 Å². The number of rotatable bonds is 13. The molecule has 0 saturated heterocycles. The van der Waals surface area contributed by atoms with Crippen molar-refractivity contribution in [2.45, 2.75) is 83.2 Å². The molecule has 1 aliphatic carbocycles. The van der Waals surface area contributed by atoms with Gasteiger partial charge in [0.2, 0.25) is 0 Å². The van der Waals surface area contributed by atoms with E-state index in [-0.39, 0.29) is 12.3 Å². The first kappa shape index (κ1) is 23.3. The van der Waals surface area contributed by atoms with Gasteiger partial charge in [-0.05, 0) is 50.0 Å². The highest BCUT2D eigenvalue weighted by atomic mass is 16.4. The Bertz CT molecular complexity index is 667. The summed E-state index contributed by atoms with van der Waals surface area (Å²) in [6.45, 7) is 2.20.